The van der Waals surface area contributed by atoms with Gasteiger partial charge in [-0.05, 0) is 60.0 Å². The molecule has 3 nitrogen and oxygen atoms in total. The highest BCUT2D eigenvalue weighted by molar-refractivity contribution is 5.21. The molecule has 2 aliphatic carbocycles. The van der Waals surface area contributed by atoms with Gasteiger partial charge in [-0.1, -0.05) is 33.8 Å². The van der Waals surface area contributed by atoms with Crippen molar-refractivity contribution in [1.29, 1.82) is 0 Å². The molecule has 128 valence electrons. The Bertz CT molecular complexity index is 559. The Kier molecular flexibility index (Phi) is 4.22. The van der Waals surface area contributed by atoms with Gasteiger partial charge in [0.2, 0.25) is 0 Å². The van der Waals surface area contributed by atoms with Crippen molar-refractivity contribution in [3.8, 4) is 0 Å². The third-order valence-corrected chi connectivity index (χ3v) is 6.79. The Balaban J connectivity index is 1.90. The van der Waals surface area contributed by atoms with E-state index in [1.54, 1.807) is 12.5 Å². The Morgan fingerprint density at radius 3 is 2.74 bits per heavy atom. The normalized spacial score (nSPS) is 38.1. The number of hydrogen-bond donors (Lipinski definition) is 2. The molecule has 2 N–H and O–H groups in total. The highest BCUT2D eigenvalue weighted by Gasteiger charge is 2.55. The second-order valence-electron chi connectivity index (χ2n) is 8.59. The summed E-state index contributed by atoms with van der Waals surface area (Å²) in [5.41, 5.74) is 2.05. The molecule has 0 bridgehead atoms. The van der Waals surface area contributed by atoms with Gasteiger partial charge < -0.3 is 14.6 Å². The van der Waals surface area contributed by atoms with Gasteiger partial charge in [0.25, 0.3) is 0 Å². The molecule has 2 fully saturated rings. The molecular formula is C20H30O3. The van der Waals surface area contributed by atoms with E-state index < -0.39 is 12.2 Å². The summed E-state index contributed by atoms with van der Waals surface area (Å²) in [5, 5.41) is 21.2. The van der Waals surface area contributed by atoms with Gasteiger partial charge in [-0.25, -0.2) is 0 Å². The summed E-state index contributed by atoms with van der Waals surface area (Å²) < 4.78 is 5.11. The van der Waals surface area contributed by atoms with Crippen LogP contribution in [-0.4, -0.2) is 16.3 Å². The molecule has 0 radical (unpaired) electrons. The maximum atomic E-state index is 10.6. The first-order valence-electron chi connectivity index (χ1n) is 8.82. The second kappa shape index (κ2) is 5.78. The second-order valence-corrected chi connectivity index (χ2v) is 8.59. The number of rotatable bonds is 3. The fourth-order valence-corrected chi connectivity index (χ4v) is 5.45. The molecule has 0 saturated heterocycles. The highest BCUT2D eigenvalue weighted by Crippen LogP contribution is 2.62. The van der Waals surface area contributed by atoms with E-state index in [1.807, 2.05) is 6.07 Å². The first-order chi connectivity index (χ1) is 10.8. The van der Waals surface area contributed by atoms with E-state index in [-0.39, 0.29) is 16.7 Å². The van der Waals surface area contributed by atoms with Crippen molar-refractivity contribution in [1.82, 2.24) is 0 Å². The molecule has 1 aromatic heterocycles. The third-order valence-electron chi connectivity index (χ3n) is 6.79. The van der Waals surface area contributed by atoms with Crippen LogP contribution in [0.5, 0.6) is 0 Å². The standard InChI is InChI=1S/C20H30O3/c1-13-15(10-17(22)14-6-9-23-12-14)20(4)8-5-7-19(2,3)18(20)11-16(13)21/h6,9,12,15-18,21-22H,1,5,7-8,10-11H2,2-4H3/t15-,16-,17-,18-,20+/m0/s1. The summed E-state index contributed by atoms with van der Waals surface area (Å²) in [5.74, 6) is 0.603. The maximum Gasteiger partial charge on any atom is 0.0960 e. The van der Waals surface area contributed by atoms with Crippen molar-refractivity contribution in [2.24, 2.45) is 22.7 Å². The zero-order valence-corrected chi connectivity index (χ0v) is 14.6. The predicted molar refractivity (Wildman–Crippen MR) is 90.8 cm³/mol. The molecule has 0 aliphatic heterocycles. The predicted octanol–water partition coefficient (Wildman–Crippen LogP) is 4.47. The number of fused-ring (bicyclic) bond motifs is 1. The lowest BCUT2D eigenvalue weighted by atomic mass is 9.46. The smallest absolute Gasteiger partial charge is 0.0960 e. The molecule has 0 unspecified atom stereocenters. The Labute approximate surface area is 139 Å². The summed E-state index contributed by atoms with van der Waals surface area (Å²) in [6, 6.07) is 1.82. The summed E-state index contributed by atoms with van der Waals surface area (Å²) in [6.07, 6.45) is 7.17. The van der Waals surface area contributed by atoms with E-state index in [0.29, 0.717) is 12.3 Å². The molecule has 2 aliphatic rings. The van der Waals surface area contributed by atoms with Gasteiger partial charge >= 0.3 is 0 Å². The lowest BCUT2D eigenvalue weighted by Gasteiger charge is -2.59. The van der Waals surface area contributed by atoms with E-state index in [2.05, 4.69) is 27.4 Å². The maximum absolute atomic E-state index is 10.6. The van der Waals surface area contributed by atoms with Gasteiger partial charge in [-0.3, -0.25) is 0 Å². The first kappa shape index (κ1) is 16.8. The number of furan rings is 1. The topological polar surface area (TPSA) is 53.6 Å². The van der Waals surface area contributed by atoms with Crippen LogP contribution in [0.2, 0.25) is 0 Å². The van der Waals surface area contributed by atoms with Crippen molar-refractivity contribution in [3.05, 3.63) is 36.3 Å². The lowest BCUT2D eigenvalue weighted by Crippen LogP contribution is -2.53. The van der Waals surface area contributed by atoms with Gasteiger partial charge in [-0.2, -0.15) is 0 Å². The van der Waals surface area contributed by atoms with Crippen LogP contribution in [0.3, 0.4) is 0 Å². The molecule has 0 amide bonds. The average molecular weight is 318 g/mol. The molecule has 2 saturated carbocycles. The van der Waals surface area contributed by atoms with Crippen molar-refractivity contribution >= 4 is 0 Å². The summed E-state index contributed by atoms with van der Waals surface area (Å²) in [4.78, 5) is 0. The third kappa shape index (κ3) is 2.78. The molecule has 23 heavy (non-hydrogen) atoms. The minimum absolute atomic E-state index is 0.1000. The van der Waals surface area contributed by atoms with Crippen molar-refractivity contribution in [2.45, 2.75) is 65.1 Å². The van der Waals surface area contributed by atoms with Crippen LogP contribution in [0, 0.1) is 22.7 Å². The molecule has 0 aromatic carbocycles. The number of aliphatic hydroxyl groups is 2. The Morgan fingerprint density at radius 1 is 1.35 bits per heavy atom. The monoisotopic (exact) mass is 318 g/mol. The van der Waals surface area contributed by atoms with Crippen LogP contribution >= 0.6 is 0 Å². The lowest BCUT2D eigenvalue weighted by molar-refractivity contribution is -0.0913. The minimum Gasteiger partial charge on any atom is -0.472 e. The zero-order valence-electron chi connectivity index (χ0n) is 14.6. The van der Waals surface area contributed by atoms with Crippen LogP contribution in [0.25, 0.3) is 0 Å². The fraction of sp³-hybridized carbons (Fsp3) is 0.700. The first-order valence-corrected chi connectivity index (χ1v) is 8.82. The van der Waals surface area contributed by atoms with Gasteiger partial charge in [-0.15, -0.1) is 0 Å². The van der Waals surface area contributed by atoms with Gasteiger partial charge in [0.1, 0.15) is 0 Å². The van der Waals surface area contributed by atoms with Gasteiger partial charge in [0.15, 0.2) is 0 Å². The molecule has 3 heteroatoms. The van der Waals surface area contributed by atoms with Gasteiger partial charge in [0.05, 0.1) is 24.7 Å². The average Bonchev–Trinajstić information content (AvgIpc) is 3.00. The molecule has 1 heterocycles. The number of aliphatic hydroxyl groups excluding tert-OH is 2. The quantitative estimate of drug-likeness (QED) is 0.808. The van der Waals surface area contributed by atoms with E-state index in [9.17, 15) is 10.2 Å². The Hall–Kier alpha value is -1.06. The van der Waals surface area contributed by atoms with Crippen LogP contribution in [0.15, 0.2) is 35.2 Å². The van der Waals surface area contributed by atoms with Crippen LogP contribution < -0.4 is 0 Å². The van der Waals surface area contributed by atoms with Crippen molar-refractivity contribution < 1.29 is 14.6 Å². The molecule has 0 spiro atoms. The fourth-order valence-electron chi connectivity index (χ4n) is 5.45. The van der Waals surface area contributed by atoms with Crippen molar-refractivity contribution in [3.63, 3.8) is 0 Å². The molecule has 1 aromatic rings. The van der Waals surface area contributed by atoms with Crippen LogP contribution in [0.1, 0.15) is 64.5 Å². The van der Waals surface area contributed by atoms with Crippen LogP contribution in [0.4, 0.5) is 0 Å². The van der Waals surface area contributed by atoms with Crippen LogP contribution in [-0.2, 0) is 0 Å². The summed E-state index contributed by atoms with van der Waals surface area (Å²) >= 11 is 0. The van der Waals surface area contributed by atoms with E-state index in [4.69, 9.17) is 4.42 Å². The molecule has 5 atom stereocenters. The number of hydrogen-bond acceptors (Lipinski definition) is 3. The van der Waals surface area contributed by atoms with Gasteiger partial charge in [0, 0.05) is 5.56 Å². The molecule has 3 rings (SSSR count). The Morgan fingerprint density at radius 2 is 2.09 bits per heavy atom. The van der Waals surface area contributed by atoms with Crippen molar-refractivity contribution in [2.75, 3.05) is 0 Å². The zero-order chi connectivity index (χ0) is 16.8. The summed E-state index contributed by atoms with van der Waals surface area (Å²) in [7, 11) is 0. The van der Waals surface area contributed by atoms with E-state index in [0.717, 1.165) is 24.0 Å². The largest absolute Gasteiger partial charge is 0.472 e. The van der Waals surface area contributed by atoms with E-state index >= 15 is 0 Å². The van der Waals surface area contributed by atoms with E-state index in [1.165, 1.54) is 12.8 Å². The highest BCUT2D eigenvalue weighted by atomic mass is 16.3. The SMILES string of the molecule is C=C1[C@@H](O)C[C@H]2C(C)(C)CCC[C@]2(C)[C@H]1C[C@H](O)c1ccoc1. The minimum atomic E-state index is -0.566. The summed E-state index contributed by atoms with van der Waals surface area (Å²) in [6.45, 7) is 11.2. The molecular weight excluding hydrogens is 288 g/mol.